The highest BCUT2D eigenvalue weighted by Gasteiger charge is 2.41. The molecule has 1 spiro atoms. The highest BCUT2D eigenvalue weighted by atomic mass is 32.2. The van der Waals surface area contributed by atoms with Crippen molar-refractivity contribution in [2.45, 2.75) is 30.4 Å². The third-order valence-corrected chi connectivity index (χ3v) is 7.27. The number of anilines is 1. The molecular weight excluding hydrogens is 424 g/mol. The van der Waals surface area contributed by atoms with Gasteiger partial charge in [-0.2, -0.15) is 0 Å². The number of rotatable bonds is 3. The van der Waals surface area contributed by atoms with Gasteiger partial charge >= 0.3 is 0 Å². The summed E-state index contributed by atoms with van der Waals surface area (Å²) in [5.41, 5.74) is 2.92. The van der Waals surface area contributed by atoms with Gasteiger partial charge in [0.2, 0.25) is 5.91 Å². The minimum Gasteiger partial charge on any atom is -0.347 e. The average molecular weight is 451 g/mol. The molecule has 0 aliphatic carbocycles. The summed E-state index contributed by atoms with van der Waals surface area (Å²) in [6, 6.07) is 15.8. The summed E-state index contributed by atoms with van der Waals surface area (Å²) in [5, 5.41) is 0. The van der Waals surface area contributed by atoms with E-state index < -0.39 is 5.79 Å². The summed E-state index contributed by atoms with van der Waals surface area (Å²) in [4.78, 5) is 31.6. The van der Waals surface area contributed by atoms with Crippen molar-refractivity contribution in [1.29, 1.82) is 0 Å². The normalized spacial score (nSPS) is 21.3. The number of nitrogens with zero attached hydrogens (tertiary/aromatic N) is 2. The largest absolute Gasteiger partial charge is 0.347 e. The Morgan fingerprint density at radius 3 is 2.47 bits per heavy atom. The molecule has 7 heteroatoms. The highest BCUT2D eigenvalue weighted by molar-refractivity contribution is 8.04. The number of carbonyl (C=O) groups is 2. The molecule has 3 aliphatic heterocycles. The van der Waals surface area contributed by atoms with Gasteiger partial charge in [-0.3, -0.25) is 14.5 Å². The van der Waals surface area contributed by atoms with E-state index in [1.54, 1.807) is 4.90 Å². The molecule has 2 saturated heterocycles. The van der Waals surface area contributed by atoms with Crippen molar-refractivity contribution in [1.82, 2.24) is 4.90 Å². The lowest BCUT2D eigenvalue weighted by molar-refractivity contribution is -0.187. The van der Waals surface area contributed by atoms with Gasteiger partial charge in [0.05, 0.1) is 23.8 Å². The standard InChI is InChI=1S/C25H26N2O4S/c1-18-6-8-19(9-7-18)16-22-24(29)27(20-4-2-3-5-21(20)32-22)17-23(28)26-12-10-25(11-13-26)30-14-15-31-25/h2-9,16H,10-15,17H2,1H3. The number of fused-ring (bicyclic) bond motifs is 1. The predicted octanol–water partition coefficient (Wildman–Crippen LogP) is 3.84. The van der Waals surface area contributed by atoms with Crippen LogP contribution in [-0.2, 0) is 19.1 Å². The SMILES string of the molecule is Cc1ccc(C=C2Sc3ccccc3N(CC(=O)N3CCC4(CC3)OCCO4)C2=O)cc1. The molecule has 0 radical (unpaired) electrons. The molecule has 0 aromatic heterocycles. The Morgan fingerprint density at radius 1 is 1.06 bits per heavy atom. The molecule has 0 N–H and O–H groups in total. The van der Waals surface area contributed by atoms with E-state index in [0.717, 1.165) is 16.1 Å². The summed E-state index contributed by atoms with van der Waals surface area (Å²) in [6.45, 7) is 4.43. The lowest BCUT2D eigenvalue weighted by Gasteiger charge is -2.38. The smallest absolute Gasteiger partial charge is 0.265 e. The van der Waals surface area contributed by atoms with Crippen LogP contribution in [0.1, 0.15) is 24.0 Å². The number of benzene rings is 2. The first-order valence-corrected chi connectivity index (χ1v) is 11.8. The van der Waals surface area contributed by atoms with E-state index in [-0.39, 0.29) is 18.4 Å². The third kappa shape index (κ3) is 4.20. The summed E-state index contributed by atoms with van der Waals surface area (Å²) in [7, 11) is 0. The Hall–Kier alpha value is -2.61. The van der Waals surface area contributed by atoms with Gasteiger partial charge in [-0.1, -0.05) is 53.7 Å². The van der Waals surface area contributed by atoms with Crippen LogP contribution in [0.2, 0.25) is 0 Å². The quantitative estimate of drug-likeness (QED) is 0.665. The van der Waals surface area contributed by atoms with Gasteiger partial charge in [-0.15, -0.1) is 0 Å². The monoisotopic (exact) mass is 450 g/mol. The Kier molecular flexibility index (Phi) is 5.80. The Labute approximate surface area is 192 Å². The fourth-order valence-electron chi connectivity index (χ4n) is 4.35. The van der Waals surface area contributed by atoms with Crippen LogP contribution in [0.5, 0.6) is 0 Å². The number of aryl methyl sites for hydroxylation is 1. The van der Waals surface area contributed by atoms with E-state index >= 15 is 0 Å². The molecule has 2 aromatic carbocycles. The number of thioether (sulfide) groups is 1. The van der Waals surface area contributed by atoms with E-state index in [2.05, 4.69) is 0 Å². The molecule has 3 heterocycles. The van der Waals surface area contributed by atoms with E-state index in [0.29, 0.717) is 44.1 Å². The van der Waals surface area contributed by atoms with Crippen molar-refractivity contribution >= 4 is 35.3 Å². The van der Waals surface area contributed by atoms with E-state index in [9.17, 15) is 9.59 Å². The molecule has 32 heavy (non-hydrogen) atoms. The van der Waals surface area contributed by atoms with Gasteiger partial charge in [0, 0.05) is 30.8 Å². The first-order valence-electron chi connectivity index (χ1n) is 11.0. The van der Waals surface area contributed by atoms with Crippen molar-refractivity contribution in [2.75, 3.05) is 37.7 Å². The van der Waals surface area contributed by atoms with Crippen LogP contribution in [0.3, 0.4) is 0 Å². The minimum atomic E-state index is -0.523. The molecule has 0 unspecified atom stereocenters. The van der Waals surface area contributed by atoms with Crippen LogP contribution in [0.4, 0.5) is 5.69 Å². The van der Waals surface area contributed by atoms with Gasteiger partial charge in [0.15, 0.2) is 5.79 Å². The minimum absolute atomic E-state index is 0.0242. The highest BCUT2D eigenvalue weighted by Crippen LogP contribution is 2.42. The van der Waals surface area contributed by atoms with Crippen LogP contribution in [0.25, 0.3) is 6.08 Å². The number of piperidine rings is 1. The van der Waals surface area contributed by atoms with Crippen LogP contribution in [0.15, 0.2) is 58.3 Å². The summed E-state index contributed by atoms with van der Waals surface area (Å²) in [6.07, 6.45) is 3.23. The fourth-order valence-corrected chi connectivity index (χ4v) is 5.41. The fraction of sp³-hybridized carbons (Fsp3) is 0.360. The molecule has 2 fully saturated rings. The van der Waals surface area contributed by atoms with Gasteiger partial charge in [-0.25, -0.2) is 0 Å². The number of likely N-dealkylation sites (tertiary alicyclic amines) is 1. The number of hydrogen-bond donors (Lipinski definition) is 0. The first-order chi connectivity index (χ1) is 15.5. The average Bonchev–Trinajstić information content (AvgIpc) is 3.26. The molecule has 0 saturated carbocycles. The lowest BCUT2D eigenvalue weighted by Crippen LogP contribution is -2.51. The van der Waals surface area contributed by atoms with Gasteiger partial charge in [0.1, 0.15) is 6.54 Å². The zero-order valence-corrected chi connectivity index (χ0v) is 18.9. The Bertz CT molecular complexity index is 1050. The molecular formula is C25H26N2O4S. The predicted molar refractivity (Wildman–Crippen MR) is 124 cm³/mol. The molecule has 5 rings (SSSR count). The maximum Gasteiger partial charge on any atom is 0.265 e. The lowest BCUT2D eigenvalue weighted by atomic mass is 10.0. The summed E-state index contributed by atoms with van der Waals surface area (Å²) in [5.74, 6) is -0.716. The molecule has 3 aliphatic rings. The maximum absolute atomic E-state index is 13.4. The van der Waals surface area contributed by atoms with Crippen LogP contribution in [0, 0.1) is 6.92 Å². The molecule has 0 bridgehead atoms. The van der Waals surface area contributed by atoms with Gasteiger partial charge in [0.25, 0.3) is 5.91 Å². The Morgan fingerprint density at radius 2 is 1.75 bits per heavy atom. The van der Waals surface area contributed by atoms with Crippen LogP contribution >= 0.6 is 11.8 Å². The number of hydrogen-bond acceptors (Lipinski definition) is 5. The van der Waals surface area contributed by atoms with Crippen molar-refractivity contribution in [3.05, 3.63) is 64.6 Å². The molecule has 166 valence electrons. The molecule has 0 atom stereocenters. The number of ether oxygens (including phenoxy) is 2. The van der Waals surface area contributed by atoms with E-state index in [1.165, 1.54) is 17.3 Å². The zero-order chi connectivity index (χ0) is 22.1. The van der Waals surface area contributed by atoms with Crippen LogP contribution < -0.4 is 4.90 Å². The first kappa shape index (κ1) is 21.2. The third-order valence-electron chi connectivity index (χ3n) is 6.19. The topological polar surface area (TPSA) is 59.1 Å². The van der Waals surface area contributed by atoms with Crippen molar-refractivity contribution in [2.24, 2.45) is 0 Å². The second-order valence-electron chi connectivity index (χ2n) is 8.37. The van der Waals surface area contributed by atoms with Crippen molar-refractivity contribution in [3.63, 3.8) is 0 Å². The van der Waals surface area contributed by atoms with Crippen molar-refractivity contribution < 1.29 is 19.1 Å². The molecule has 2 aromatic rings. The zero-order valence-electron chi connectivity index (χ0n) is 18.1. The molecule has 6 nitrogen and oxygen atoms in total. The number of carbonyl (C=O) groups excluding carboxylic acids is 2. The van der Waals surface area contributed by atoms with E-state index in [4.69, 9.17) is 9.47 Å². The molecule has 2 amide bonds. The number of para-hydroxylation sites is 1. The second kappa shape index (κ2) is 8.73. The number of amides is 2. The van der Waals surface area contributed by atoms with E-state index in [1.807, 2.05) is 66.4 Å². The van der Waals surface area contributed by atoms with Crippen LogP contribution in [-0.4, -0.2) is 55.3 Å². The summed E-state index contributed by atoms with van der Waals surface area (Å²) < 4.78 is 11.5. The second-order valence-corrected chi connectivity index (χ2v) is 9.45. The van der Waals surface area contributed by atoms with Gasteiger partial charge in [-0.05, 0) is 30.7 Å². The van der Waals surface area contributed by atoms with Gasteiger partial charge < -0.3 is 14.4 Å². The van der Waals surface area contributed by atoms with Crippen molar-refractivity contribution in [3.8, 4) is 0 Å². The summed E-state index contributed by atoms with van der Waals surface area (Å²) >= 11 is 1.46. The maximum atomic E-state index is 13.4. The Balaban J connectivity index is 1.35.